The first-order valence-corrected chi connectivity index (χ1v) is 8.09. The van der Waals surface area contributed by atoms with E-state index < -0.39 is 0 Å². The summed E-state index contributed by atoms with van der Waals surface area (Å²) in [6.45, 7) is 1.27. The lowest BCUT2D eigenvalue weighted by Gasteiger charge is -2.11. The van der Waals surface area contributed by atoms with Crippen LogP contribution in [0.4, 0.5) is 4.79 Å². The Bertz CT molecular complexity index is 664. The number of para-hydroxylation sites is 2. The predicted octanol–water partition coefficient (Wildman–Crippen LogP) is 3.27. The lowest BCUT2D eigenvalue weighted by atomic mass is 10.1. The Balaban J connectivity index is 1.62. The van der Waals surface area contributed by atoms with Crippen LogP contribution in [0, 0.1) is 0 Å². The minimum atomic E-state index is -0.229. The number of urea groups is 1. The van der Waals surface area contributed by atoms with Crippen LogP contribution >= 0.6 is 11.6 Å². The highest BCUT2D eigenvalue weighted by atomic mass is 35.5. The van der Waals surface area contributed by atoms with E-state index in [-0.39, 0.29) is 6.03 Å². The van der Waals surface area contributed by atoms with Gasteiger partial charge in [0.25, 0.3) is 0 Å². The lowest BCUT2D eigenvalue weighted by molar-refractivity contribution is 0.236. The molecule has 24 heavy (non-hydrogen) atoms. The highest BCUT2D eigenvalue weighted by Gasteiger charge is 2.04. The van der Waals surface area contributed by atoms with Crippen molar-refractivity contribution >= 4 is 17.6 Å². The molecule has 0 aromatic heterocycles. The third-order valence-electron chi connectivity index (χ3n) is 3.35. The fourth-order valence-electron chi connectivity index (χ4n) is 2.17. The van der Waals surface area contributed by atoms with Crippen LogP contribution in [0.25, 0.3) is 0 Å². The maximum absolute atomic E-state index is 11.7. The molecule has 0 atom stereocenters. The Morgan fingerprint density at radius 1 is 1.00 bits per heavy atom. The van der Waals surface area contributed by atoms with E-state index in [1.165, 1.54) is 0 Å². The van der Waals surface area contributed by atoms with E-state index in [0.717, 1.165) is 11.3 Å². The minimum absolute atomic E-state index is 0.229. The Labute approximate surface area is 146 Å². The Kier molecular flexibility index (Phi) is 7.23. The number of nitrogens with one attached hydrogen (secondary N) is 2. The molecule has 0 saturated carbocycles. The summed E-state index contributed by atoms with van der Waals surface area (Å²) in [4.78, 5) is 11.7. The maximum atomic E-state index is 11.7. The molecular weight excluding hydrogens is 328 g/mol. The van der Waals surface area contributed by atoms with Crippen LogP contribution in [0.5, 0.6) is 11.5 Å². The number of halogens is 1. The molecule has 0 spiro atoms. The molecule has 2 amide bonds. The topological polar surface area (TPSA) is 59.6 Å². The average Bonchev–Trinajstić information content (AvgIpc) is 2.60. The summed E-state index contributed by atoms with van der Waals surface area (Å²) in [6.07, 6.45) is 0.702. The Morgan fingerprint density at radius 2 is 1.67 bits per heavy atom. The smallest absolute Gasteiger partial charge is 0.314 e. The molecule has 0 heterocycles. The number of carbonyl (C=O) groups excluding carboxylic acids is 1. The van der Waals surface area contributed by atoms with Gasteiger partial charge in [-0.1, -0.05) is 41.9 Å². The van der Waals surface area contributed by atoms with Crippen molar-refractivity contribution in [3.63, 3.8) is 0 Å². The highest BCUT2D eigenvalue weighted by molar-refractivity contribution is 6.32. The van der Waals surface area contributed by atoms with Crippen molar-refractivity contribution in [3.05, 3.63) is 59.1 Å². The molecule has 5 nitrogen and oxygen atoms in total. The molecule has 2 N–H and O–H groups in total. The van der Waals surface area contributed by atoms with Crippen molar-refractivity contribution < 1.29 is 14.3 Å². The van der Waals surface area contributed by atoms with Crippen LogP contribution in [0.3, 0.4) is 0 Å². The van der Waals surface area contributed by atoms with Gasteiger partial charge in [0.2, 0.25) is 0 Å². The number of hydrogen-bond acceptors (Lipinski definition) is 3. The minimum Gasteiger partial charge on any atom is -0.496 e. The normalized spacial score (nSPS) is 10.1. The molecule has 0 aliphatic heterocycles. The van der Waals surface area contributed by atoms with Crippen molar-refractivity contribution in [1.29, 1.82) is 0 Å². The number of ether oxygens (including phenoxy) is 2. The van der Waals surface area contributed by atoms with Gasteiger partial charge in [-0.3, -0.25) is 0 Å². The van der Waals surface area contributed by atoms with Crippen molar-refractivity contribution in [2.45, 2.75) is 6.42 Å². The molecule has 128 valence electrons. The SMILES string of the molecule is COc1ccccc1CCNC(=O)NCCOc1ccccc1Cl. The molecular formula is C18H21ClN2O3. The first-order chi connectivity index (χ1) is 11.7. The van der Waals surface area contributed by atoms with Crippen LogP contribution in [0.1, 0.15) is 5.56 Å². The summed E-state index contributed by atoms with van der Waals surface area (Å²) in [5, 5.41) is 6.10. The molecule has 0 fully saturated rings. The fraction of sp³-hybridized carbons (Fsp3) is 0.278. The average molecular weight is 349 g/mol. The molecule has 0 aliphatic rings. The molecule has 6 heteroatoms. The molecule has 2 aromatic rings. The van der Waals surface area contributed by atoms with E-state index in [2.05, 4.69) is 10.6 Å². The number of rotatable bonds is 8. The lowest BCUT2D eigenvalue weighted by Crippen LogP contribution is -2.38. The van der Waals surface area contributed by atoms with Crippen LogP contribution in [0.15, 0.2) is 48.5 Å². The van der Waals surface area contributed by atoms with Gasteiger partial charge in [-0.2, -0.15) is 0 Å². The quantitative estimate of drug-likeness (QED) is 0.720. The van der Waals surface area contributed by atoms with Crippen LogP contribution in [0.2, 0.25) is 5.02 Å². The van der Waals surface area contributed by atoms with Crippen LogP contribution in [-0.4, -0.2) is 32.8 Å². The fourth-order valence-corrected chi connectivity index (χ4v) is 2.36. The third kappa shape index (κ3) is 5.66. The van der Waals surface area contributed by atoms with Gasteiger partial charge in [-0.05, 0) is 30.2 Å². The Hall–Kier alpha value is -2.40. The molecule has 0 bridgehead atoms. The Morgan fingerprint density at radius 3 is 2.42 bits per heavy atom. The summed E-state index contributed by atoms with van der Waals surface area (Å²) in [5.74, 6) is 1.44. The molecule has 2 rings (SSSR count). The molecule has 0 radical (unpaired) electrons. The first-order valence-electron chi connectivity index (χ1n) is 7.71. The zero-order valence-electron chi connectivity index (χ0n) is 13.5. The van der Waals surface area contributed by atoms with E-state index in [0.29, 0.717) is 36.9 Å². The summed E-state index contributed by atoms with van der Waals surface area (Å²) in [5.41, 5.74) is 1.06. The van der Waals surface area contributed by atoms with Crippen molar-refractivity contribution in [1.82, 2.24) is 10.6 Å². The van der Waals surface area contributed by atoms with Gasteiger partial charge in [0.1, 0.15) is 18.1 Å². The summed E-state index contributed by atoms with van der Waals surface area (Å²) in [6, 6.07) is 14.8. The van der Waals surface area contributed by atoms with Gasteiger partial charge in [-0.25, -0.2) is 4.79 Å². The van der Waals surface area contributed by atoms with Crippen molar-refractivity contribution in [3.8, 4) is 11.5 Å². The molecule has 2 aromatic carbocycles. The number of methoxy groups -OCH3 is 1. The van der Waals surface area contributed by atoms with Crippen LogP contribution in [-0.2, 0) is 6.42 Å². The van der Waals surface area contributed by atoms with E-state index in [4.69, 9.17) is 21.1 Å². The van der Waals surface area contributed by atoms with Gasteiger partial charge in [0, 0.05) is 6.54 Å². The molecule has 0 saturated heterocycles. The second-order valence-corrected chi connectivity index (χ2v) is 5.43. The third-order valence-corrected chi connectivity index (χ3v) is 3.67. The van der Waals surface area contributed by atoms with Crippen molar-refractivity contribution in [2.75, 3.05) is 26.8 Å². The standard InChI is InChI=1S/C18H21ClN2O3/c1-23-16-8-4-2-6-14(16)10-11-20-18(22)21-12-13-24-17-9-5-3-7-15(17)19/h2-9H,10-13H2,1H3,(H2,20,21,22). The van der Waals surface area contributed by atoms with Crippen molar-refractivity contribution in [2.24, 2.45) is 0 Å². The monoisotopic (exact) mass is 348 g/mol. The number of hydrogen-bond donors (Lipinski definition) is 2. The highest BCUT2D eigenvalue weighted by Crippen LogP contribution is 2.22. The van der Waals surface area contributed by atoms with Crippen LogP contribution < -0.4 is 20.1 Å². The zero-order valence-corrected chi connectivity index (χ0v) is 14.3. The maximum Gasteiger partial charge on any atom is 0.314 e. The van der Waals surface area contributed by atoms with Gasteiger partial charge in [0.15, 0.2) is 0 Å². The number of amides is 2. The summed E-state index contributed by atoms with van der Waals surface area (Å²) in [7, 11) is 1.64. The van der Waals surface area contributed by atoms with E-state index >= 15 is 0 Å². The summed E-state index contributed by atoms with van der Waals surface area (Å²) >= 11 is 5.98. The van der Waals surface area contributed by atoms with E-state index in [1.807, 2.05) is 36.4 Å². The number of benzene rings is 2. The zero-order chi connectivity index (χ0) is 17.2. The second kappa shape index (κ2) is 9.67. The predicted molar refractivity (Wildman–Crippen MR) is 95.0 cm³/mol. The van der Waals surface area contributed by atoms with E-state index in [9.17, 15) is 4.79 Å². The van der Waals surface area contributed by atoms with Gasteiger partial charge in [0.05, 0.1) is 18.7 Å². The second-order valence-electron chi connectivity index (χ2n) is 5.02. The van der Waals surface area contributed by atoms with E-state index in [1.54, 1.807) is 19.2 Å². The van der Waals surface area contributed by atoms with Gasteiger partial charge in [-0.15, -0.1) is 0 Å². The first kappa shape index (κ1) is 17.9. The number of carbonyl (C=O) groups is 1. The molecule has 0 aliphatic carbocycles. The van der Waals surface area contributed by atoms with Gasteiger partial charge < -0.3 is 20.1 Å². The molecule has 0 unspecified atom stereocenters. The largest absolute Gasteiger partial charge is 0.496 e. The van der Waals surface area contributed by atoms with Gasteiger partial charge >= 0.3 is 6.03 Å². The summed E-state index contributed by atoms with van der Waals surface area (Å²) < 4.78 is 10.8.